The predicted octanol–water partition coefficient (Wildman–Crippen LogP) is 2.88. The van der Waals surface area contributed by atoms with Gasteiger partial charge in [0.15, 0.2) is 5.25 Å². The number of nitrogens with zero attached hydrogens (tertiary/aromatic N) is 1. The largest absolute Gasteiger partial charge is 0.481 e. The molecular weight excluding hydrogens is 518 g/mol. The van der Waals surface area contributed by atoms with Crippen LogP contribution in [-0.2, 0) is 19.7 Å². The summed E-state index contributed by atoms with van der Waals surface area (Å²) in [6.07, 6.45) is 6.02. The highest BCUT2D eigenvalue weighted by Gasteiger charge is 2.57. The maximum absolute atomic E-state index is 12.4. The van der Waals surface area contributed by atoms with Gasteiger partial charge in [-0.1, -0.05) is 79.1 Å². The smallest absolute Gasteiger partial charge is 0.325 e. The first-order valence-corrected chi connectivity index (χ1v) is 15.3. The number of carboxylic acid groups (broad SMARTS) is 2. The molecule has 11 nitrogen and oxygen atoms in total. The average molecular weight is 572 g/mol. The lowest BCUT2D eigenvalue weighted by Gasteiger charge is -2.38. The molecule has 0 aromatic rings. The van der Waals surface area contributed by atoms with Gasteiger partial charge in [-0.15, -0.1) is 0 Å². The van der Waals surface area contributed by atoms with E-state index in [4.69, 9.17) is 15.3 Å². The highest BCUT2D eigenvalue weighted by molar-refractivity contribution is 7.87. The quantitative estimate of drug-likeness (QED) is 0.105. The molecule has 3 unspecified atom stereocenters. The van der Waals surface area contributed by atoms with Crippen LogP contribution >= 0.6 is 0 Å². The number of rotatable bonds is 22. The first-order valence-electron chi connectivity index (χ1n) is 13.8. The van der Waals surface area contributed by atoms with Crippen LogP contribution in [0.25, 0.3) is 0 Å². The Morgan fingerprint density at radius 3 is 1.34 bits per heavy atom. The molecule has 0 radical (unpaired) electrons. The summed E-state index contributed by atoms with van der Waals surface area (Å²) in [4.78, 5) is 26.1. The molecular formula is C26H53NO10S. The summed E-state index contributed by atoms with van der Waals surface area (Å²) in [5.74, 6) is -3.50. The molecule has 38 heavy (non-hydrogen) atoms. The van der Waals surface area contributed by atoms with Crippen molar-refractivity contribution in [1.82, 2.24) is 4.90 Å². The Balaban J connectivity index is 0. The van der Waals surface area contributed by atoms with E-state index in [9.17, 15) is 32.8 Å². The highest BCUT2D eigenvalue weighted by Crippen LogP contribution is 2.44. The van der Waals surface area contributed by atoms with Gasteiger partial charge in [0, 0.05) is 19.6 Å². The molecule has 0 aromatic carbocycles. The van der Waals surface area contributed by atoms with Crippen LogP contribution in [0.4, 0.5) is 0 Å². The van der Waals surface area contributed by atoms with Crippen LogP contribution in [0.2, 0.25) is 0 Å². The molecule has 0 rings (SSSR count). The molecule has 0 spiro atoms. The fourth-order valence-electron chi connectivity index (χ4n) is 4.91. The first kappa shape index (κ1) is 38.8. The molecule has 0 aliphatic carbocycles. The third kappa shape index (κ3) is 14.7. The Morgan fingerprint density at radius 2 is 1.13 bits per heavy atom. The van der Waals surface area contributed by atoms with Crippen molar-refractivity contribution in [3.8, 4) is 0 Å². The average Bonchev–Trinajstić information content (AvgIpc) is 2.83. The number of carbonyl (C=O) groups is 2. The number of carboxylic acids is 2. The number of aliphatic hydroxyl groups excluding tert-OH is 3. The zero-order valence-corrected chi connectivity index (χ0v) is 24.5. The summed E-state index contributed by atoms with van der Waals surface area (Å²) in [5, 5.41) is 42.8. The summed E-state index contributed by atoms with van der Waals surface area (Å²) in [5.41, 5.74) is -2.05. The molecule has 0 fully saturated rings. The zero-order chi connectivity index (χ0) is 29.8. The van der Waals surface area contributed by atoms with Crippen LogP contribution in [0.5, 0.6) is 0 Å². The SMILES string of the molecule is CCCCC(CC)CC(CC(CC)CCCC)(C(=O)O)C(C(=O)O)S(=O)(=O)O.OCCN(CCO)CCO. The lowest BCUT2D eigenvalue weighted by Crippen LogP contribution is -2.53. The summed E-state index contributed by atoms with van der Waals surface area (Å²) in [6.45, 7) is 9.55. The van der Waals surface area contributed by atoms with Gasteiger partial charge in [0.25, 0.3) is 10.1 Å². The Morgan fingerprint density at radius 1 is 0.763 bits per heavy atom. The molecule has 0 saturated carbocycles. The minimum Gasteiger partial charge on any atom is -0.481 e. The summed E-state index contributed by atoms with van der Waals surface area (Å²) < 4.78 is 33.7. The van der Waals surface area contributed by atoms with Crippen LogP contribution in [0.15, 0.2) is 0 Å². The molecule has 0 heterocycles. The van der Waals surface area contributed by atoms with Gasteiger partial charge in [0.05, 0.1) is 25.2 Å². The van der Waals surface area contributed by atoms with Crippen molar-refractivity contribution in [1.29, 1.82) is 0 Å². The van der Waals surface area contributed by atoms with Gasteiger partial charge in [0.2, 0.25) is 0 Å². The van der Waals surface area contributed by atoms with E-state index in [0.717, 1.165) is 25.7 Å². The van der Waals surface area contributed by atoms with Gasteiger partial charge >= 0.3 is 11.9 Å². The third-order valence-corrected chi connectivity index (χ3v) is 8.34. The maximum atomic E-state index is 12.4. The van der Waals surface area contributed by atoms with Crippen molar-refractivity contribution >= 4 is 22.1 Å². The van der Waals surface area contributed by atoms with Gasteiger partial charge in [-0.3, -0.25) is 19.0 Å². The second kappa shape index (κ2) is 21.5. The van der Waals surface area contributed by atoms with Crippen LogP contribution in [0.1, 0.15) is 91.9 Å². The van der Waals surface area contributed by atoms with E-state index in [1.807, 2.05) is 27.7 Å². The molecule has 0 saturated heterocycles. The highest BCUT2D eigenvalue weighted by atomic mass is 32.2. The zero-order valence-electron chi connectivity index (χ0n) is 23.7. The van der Waals surface area contributed by atoms with Crippen LogP contribution in [0, 0.1) is 17.3 Å². The fourth-order valence-corrected chi connectivity index (χ4v) is 6.03. The second-order valence-electron chi connectivity index (χ2n) is 9.95. The maximum Gasteiger partial charge on any atom is 0.325 e. The van der Waals surface area contributed by atoms with Crippen molar-refractivity contribution in [3.63, 3.8) is 0 Å². The van der Waals surface area contributed by atoms with Gasteiger partial charge in [-0.2, -0.15) is 8.42 Å². The van der Waals surface area contributed by atoms with E-state index in [2.05, 4.69) is 0 Å². The number of hydrogen-bond donors (Lipinski definition) is 6. The van der Waals surface area contributed by atoms with Crippen LogP contribution < -0.4 is 0 Å². The monoisotopic (exact) mass is 571 g/mol. The molecule has 12 heteroatoms. The van der Waals surface area contributed by atoms with Gasteiger partial charge in [-0.05, 0) is 24.7 Å². The molecule has 0 amide bonds. The van der Waals surface area contributed by atoms with Crippen LogP contribution in [0.3, 0.4) is 0 Å². The Bertz CT molecular complexity index is 699. The Labute approximate surface area is 229 Å². The van der Waals surface area contributed by atoms with E-state index in [1.165, 1.54) is 0 Å². The van der Waals surface area contributed by atoms with Gasteiger partial charge in [-0.25, -0.2) is 0 Å². The van der Waals surface area contributed by atoms with Crippen molar-refractivity contribution in [2.45, 2.75) is 97.2 Å². The predicted molar refractivity (Wildman–Crippen MR) is 147 cm³/mol. The van der Waals surface area contributed by atoms with Gasteiger partial charge in [0.1, 0.15) is 0 Å². The lowest BCUT2D eigenvalue weighted by atomic mass is 9.68. The van der Waals surface area contributed by atoms with Gasteiger partial charge < -0.3 is 25.5 Å². The van der Waals surface area contributed by atoms with E-state index in [-0.39, 0.29) is 44.5 Å². The van der Waals surface area contributed by atoms with Crippen molar-refractivity contribution in [2.75, 3.05) is 39.5 Å². The van der Waals surface area contributed by atoms with Crippen LogP contribution in [-0.4, -0.2) is 100 Å². The van der Waals surface area contributed by atoms with Crippen molar-refractivity contribution in [2.24, 2.45) is 17.3 Å². The Kier molecular flexibility index (Phi) is 22.0. The minimum atomic E-state index is -5.10. The van der Waals surface area contributed by atoms with Crippen molar-refractivity contribution < 1.29 is 48.1 Å². The molecule has 0 aromatic heterocycles. The molecule has 6 N–H and O–H groups in total. The summed E-state index contributed by atoms with van der Waals surface area (Å²) in [6, 6.07) is 0. The third-order valence-electron chi connectivity index (χ3n) is 7.09. The van der Waals surface area contributed by atoms with Crippen molar-refractivity contribution in [3.05, 3.63) is 0 Å². The molecule has 228 valence electrons. The van der Waals surface area contributed by atoms with E-state index in [1.54, 1.807) is 4.90 Å². The number of aliphatic hydroxyl groups is 3. The Hall–Kier alpha value is -1.31. The normalized spacial score (nSPS) is 15.7. The second-order valence-corrected chi connectivity index (χ2v) is 11.4. The van der Waals surface area contributed by atoms with E-state index < -0.39 is 32.7 Å². The lowest BCUT2D eigenvalue weighted by molar-refractivity contribution is -0.158. The van der Waals surface area contributed by atoms with E-state index in [0.29, 0.717) is 45.3 Å². The number of unbranched alkanes of at least 4 members (excludes halogenated alkanes) is 2. The fraction of sp³-hybridized carbons (Fsp3) is 0.923. The summed E-state index contributed by atoms with van der Waals surface area (Å²) in [7, 11) is -5.10. The summed E-state index contributed by atoms with van der Waals surface area (Å²) >= 11 is 0. The molecule has 0 bridgehead atoms. The standard InChI is InChI=1S/C20H38O7S.C6H15NO3/c1-5-9-11-15(7-3)13-20(19(23)24,14-16(8-4)12-10-6-2)17(18(21)22)28(25,26)27;8-4-1-7(2-5-9)3-6-10/h15-17H,5-14H2,1-4H3,(H,21,22)(H,23,24)(H,25,26,27);8-10H,1-6H2. The molecule has 3 atom stereocenters. The topological polar surface area (TPSA) is 193 Å². The first-order chi connectivity index (χ1) is 17.8. The molecule has 0 aliphatic heterocycles. The molecule has 0 aliphatic rings. The van der Waals surface area contributed by atoms with E-state index >= 15 is 0 Å². The number of hydrogen-bond acceptors (Lipinski definition) is 8. The minimum absolute atomic E-state index is 0.0694. The number of aliphatic carboxylic acids is 2.